The van der Waals surface area contributed by atoms with Gasteiger partial charge in [-0.3, -0.25) is 0 Å². The molecule has 34 heavy (non-hydrogen) atoms. The monoisotopic (exact) mass is 540 g/mol. The third-order valence-electron chi connectivity index (χ3n) is 5.56. The summed E-state index contributed by atoms with van der Waals surface area (Å²) >= 11 is 0.302. The van der Waals surface area contributed by atoms with Gasteiger partial charge in [0.1, 0.15) is 0 Å². The second-order valence-electron chi connectivity index (χ2n) is 7.84. The fourth-order valence-electron chi connectivity index (χ4n) is 4.00. The van der Waals surface area contributed by atoms with Crippen LogP contribution in [-0.2, 0) is 0 Å². The summed E-state index contributed by atoms with van der Waals surface area (Å²) in [5.74, 6) is 0. The second kappa shape index (κ2) is 11.7. The molecule has 0 bridgehead atoms. The summed E-state index contributed by atoms with van der Waals surface area (Å²) in [7, 11) is -1.14. The van der Waals surface area contributed by atoms with Gasteiger partial charge in [0.05, 0.1) is 0 Å². The summed E-state index contributed by atoms with van der Waals surface area (Å²) < 4.78 is 1.99. The van der Waals surface area contributed by atoms with Crippen LogP contribution in [0.1, 0.15) is 0 Å². The maximum atomic E-state index is 2.34. The van der Waals surface area contributed by atoms with E-state index in [-0.39, 0.29) is 0 Å². The molecule has 0 nitrogen and oxygen atoms in total. The van der Waals surface area contributed by atoms with Gasteiger partial charge in [-0.05, 0) is 0 Å². The Morgan fingerprint density at radius 1 is 0.353 bits per heavy atom. The molecule has 0 saturated heterocycles. The number of rotatable bonds is 8. The molecule has 0 N–H and O–H groups in total. The van der Waals surface area contributed by atoms with E-state index < -0.39 is 15.8 Å². The maximum absolute atomic E-state index is 2.34. The first-order valence-corrected chi connectivity index (χ1v) is 16.1. The molecule has 0 saturated carbocycles. The summed E-state index contributed by atoms with van der Waals surface area (Å²) in [4.78, 5) is 0. The van der Waals surface area contributed by atoms with Crippen molar-refractivity contribution < 1.29 is 0 Å². The van der Waals surface area contributed by atoms with Crippen molar-refractivity contribution in [2.24, 2.45) is 0 Å². The Morgan fingerprint density at radius 2 is 0.618 bits per heavy atom. The van der Waals surface area contributed by atoms with Crippen molar-refractivity contribution in [3.63, 3.8) is 0 Å². The average molecular weight is 539 g/mol. The van der Waals surface area contributed by atoms with E-state index in [9.17, 15) is 0 Å². The summed E-state index contributed by atoms with van der Waals surface area (Å²) in [6, 6.07) is 56.1. The number of hydrogen-bond donors (Lipinski definition) is 0. The molecule has 5 aromatic rings. The quantitative estimate of drug-likeness (QED) is 0.179. The van der Waals surface area contributed by atoms with Gasteiger partial charge in [0.25, 0.3) is 0 Å². The third-order valence-corrected chi connectivity index (χ3v) is 16.6. The van der Waals surface area contributed by atoms with Crippen LogP contribution in [-0.4, -0.2) is 19.3 Å². The molecule has 5 aromatic carbocycles. The molecule has 0 spiro atoms. The van der Waals surface area contributed by atoms with E-state index >= 15 is 0 Å². The van der Waals surface area contributed by atoms with Gasteiger partial charge in [-0.2, -0.15) is 0 Å². The Labute approximate surface area is 211 Å². The zero-order valence-electron chi connectivity index (χ0n) is 18.8. The Balaban J connectivity index is 1.73. The van der Waals surface area contributed by atoms with Gasteiger partial charge in [-0.1, -0.05) is 0 Å². The molecule has 0 radical (unpaired) electrons. The van der Waals surface area contributed by atoms with Crippen LogP contribution >= 0.6 is 15.8 Å². The Hall–Kier alpha value is -2.52. The summed E-state index contributed by atoms with van der Waals surface area (Å²) in [5.41, 5.74) is 0. The van der Waals surface area contributed by atoms with Crippen LogP contribution in [0.15, 0.2) is 152 Å². The van der Waals surface area contributed by atoms with Crippen LogP contribution in [0.3, 0.4) is 0 Å². The normalized spacial score (nSPS) is 11.3. The van der Waals surface area contributed by atoms with Gasteiger partial charge < -0.3 is 0 Å². The van der Waals surface area contributed by atoms with Crippen molar-refractivity contribution in [1.29, 1.82) is 0 Å². The van der Waals surface area contributed by atoms with Gasteiger partial charge in [0.15, 0.2) is 0 Å². The molecule has 5 rings (SSSR count). The topological polar surface area (TPSA) is 0 Å². The van der Waals surface area contributed by atoms with E-state index in [2.05, 4.69) is 152 Å². The van der Waals surface area contributed by atoms with Crippen molar-refractivity contribution in [2.75, 3.05) is 0 Å². The fraction of sp³-hybridized carbons (Fsp3) is 0.0323. The molecule has 0 aliphatic rings. The van der Waals surface area contributed by atoms with Crippen molar-refractivity contribution >= 4 is 56.5 Å². The standard InChI is InChI=1S/C31H26P2Se/c1-6-16-26(17-7-1)32(27-18-8-2-9-19-27)31(34-30-24-14-5-15-25-30)33(28-20-10-3-11-21-28)29-22-12-4-13-23-29/h1-25,31H. The van der Waals surface area contributed by atoms with E-state index in [0.717, 1.165) is 0 Å². The molecule has 3 heteroatoms. The molecule has 0 fully saturated rings. The van der Waals surface area contributed by atoms with E-state index in [0.29, 0.717) is 19.3 Å². The van der Waals surface area contributed by atoms with Gasteiger partial charge in [-0.25, -0.2) is 0 Å². The molecule has 0 aliphatic carbocycles. The molecule has 0 amide bonds. The molecule has 0 atom stereocenters. The van der Waals surface area contributed by atoms with Gasteiger partial charge in [0.2, 0.25) is 0 Å². The Kier molecular flexibility index (Phi) is 8.03. The predicted molar refractivity (Wildman–Crippen MR) is 154 cm³/mol. The number of hydrogen-bond acceptors (Lipinski definition) is 0. The van der Waals surface area contributed by atoms with E-state index in [1.54, 1.807) is 0 Å². The summed E-state index contributed by atoms with van der Waals surface area (Å²) in [5, 5.41) is 5.86. The second-order valence-corrected chi connectivity index (χ2v) is 16.9. The van der Waals surface area contributed by atoms with Crippen LogP contribution in [0.5, 0.6) is 0 Å². The number of benzene rings is 5. The van der Waals surface area contributed by atoms with Crippen LogP contribution < -0.4 is 25.7 Å². The first-order valence-electron chi connectivity index (χ1n) is 11.4. The minimum absolute atomic E-state index is 0.302. The van der Waals surface area contributed by atoms with Gasteiger partial charge in [-0.15, -0.1) is 0 Å². The molecular formula is C31H26P2Se. The molecule has 0 heterocycles. The Morgan fingerprint density at radius 3 is 0.912 bits per heavy atom. The van der Waals surface area contributed by atoms with Crippen molar-refractivity contribution in [3.05, 3.63) is 152 Å². The van der Waals surface area contributed by atoms with Crippen molar-refractivity contribution in [1.82, 2.24) is 0 Å². The van der Waals surface area contributed by atoms with Crippen molar-refractivity contribution in [2.45, 2.75) is 4.30 Å². The molecular weight excluding hydrogens is 513 g/mol. The van der Waals surface area contributed by atoms with Crippen LogP contribution in [0, 0.1) is 0 Å². The Bertz CT molecular complexity index is 1100. The third kappa shape index (κ3) is 5.58. The van der Waals surface area contributed by atoms with E-state index in [1.807, 2.05) is 0 Å². The van der Waals surface area contributed by atoms with Gasteiger partial charge in [0, 0.05) is 0 Å². The zero-order valence-corrected chi connectivity index (χ0v) is 22.3. The summed E-state index contributed by atoms with van der Waals surface area (Å²) in [6.45, 7) is 0. The predicted octanol–water partition coefficient (Wildman–Crippen LogP) is 5.57. The van der Waals surface area contributed by atoms with Crippen LogP contribution in [0.2, 0.25) is 0 Å². The van der Waals surface area contributed by atoms with Gasteiger partial charge >= 0.3 is 212 Å². The first kappa shape index (κ1) is 23.2. The SMILES string of the molecule is c1ccc([Se]C(P(c2ccccc2)c2ccccc2)P(c2ccccc2)c2ccccc2)cc1. The molecule has 166 valence electrons. The molecule has 0 unspecified atom stereocenters. The fourth-order valence-corrected chi connectivity index (χ4v) is 17.2. The van der Waals surface area contributed by atoms with Crippen LogP contribution in [0.25, 0.3) is 0 Å². The first-order chi connectivity index (χ1) is 16.9. The summed E-state index contributed by atoms with van der Waals surface area (Å²) in [6.07, 6.45) is 0. The zero-order chi connectivity index (χ0) is 23.0. The molecule has 0 aliphatic heterocycles. The van der Waals surface area contributed by atoms with E-state index in [1.165, 1.54) is 25.7 Å². The van der Waals surface area contributed by atoms with Crippen molar-refractivity contribution in [3.8, 4) is 0 Å². The molecule has 0 aromatic heterocycles. The van der Waals surface area contributed by atoms with E-state index in [4.69, 9.17) is 0 Å². The minimum atomic E-state index is -0.568. The average Bonchev–Trinajstić information content (AvgIpc) is 2.92. The van der Waals surface area contributed by atoms with Crippen LogP contribution in [0.4, 0.5) is 0 Å².